The number of hydrogen-bond acceptors (Lipinski definition) is 7. The fourth-order valence-corrected chi connectivity index (χ4v) is 5.59. The van der Waals surface area contributed by atoms with Gasteiger partial charge in [-0.3, -0.25) is 9.78 Å². The molecule has 3 unspecified atom stereocenters. The van der Waals surface area contributed by atoms with E-state index >= 15 is 0 Å². The van der Waals surface area contributed by atoms with Crippen molar-refractivity contribution in [3.8, 4) is 5.75 Å². The molecule has 4 rings (SSSR count). The predicted octanol–water partition coefficient (Wildman–Crippen LogP) is 3.43. The molecule has 2 aromatic rings. The summed E-state index contributed by atoms with van der Waals surface area (Å²) >= 11 is 1.50. The summed E-state index contributed by atoms with van der Waals surface area (Å²) in [7, 11) is 1.60. The van der Waals surface area contributed by atoms with E-state index in [0.29, 0.717) is 0 Å². The van der Waals surface area contributed by atoms with Crippen LogP contribution in [0.1, 0.15) is 25.8 Å². The Morgan fingerprint density at radius 2 is 1.94 bits per heavy atom. The highest BCUT2D eigenvalue weighted by Gasteiger charge is 2.63. The van der Waals surface area contributed by atoms with Gasteiger partial charge in [0.25, 0.3) is 0 Å². The highest BCUT2D eigenvalue weighted by molar-refractivity contribution is 8.02. The van der Waals surface area contributed by atoms with E-state index in [1.165, 1.54) is 11.8 Å². The van der Waals surface area contributed by atoms with Crippen LogP contribution < -0.4 is 4.74 Å². The number of nitrogens with zero attached hydrogens (tertiary/aromatic N) is 2. The van der Waals surface area contributed by atoms with Crippen LogP contribution in [0, 0.1) is 11.8 Å². The smallest absolute Gasteiger partial charge is 0.333 e. The number of carbonyl (C=O) groups is 2. The lowest BCUT2D eigenvalue weighted by molar-refractivity contribution is -0.173. The molecule has 174 valence electrons. The number of aromatic nitrogens is 1. The van der Waals surface area contributed by atoms with Crippen molar-refractivity contribution in [1.82, 2.24) is 9.88 Å². The average molecular weight is 469 g/mol. The van der Waals surface area contributed by atoms with Crippen molar-refractivity contribution in [3.05, 3.63) is 65.3 Å². The van der Waals surface area contributed by atoms with E-state index in [2.05, 4.69) is 4.98 Å². The summed E-state index contributed by atoms with van der Waals surface area (Å²) in [6.45, 7) is 3.78. The topological polar surface area (TPSA) is 89.0 Å². The number of rotatable bonds is 8. The number of carbonyl (C=O) groups excluding carboxylic acids is 2. The largest absolute Gasteiger partial charge is 0.497 e. The first-order valence-electron chi connectivity index (χ1n) is 11.0. The first kappa shape index (κ1) is 23.3. The van der Waals surface area contributed by atoms with Gasteiger partial charge in [0.1, 0.15) is 12.4 Å². The van der Waals surface area contributed by atoms with Crippen molar-refractivity contribution in [3.63, 3.8) is 0 Å². The summed E-state index contributed by atoms with van der Waals surface area (Å²) in [4.78, 5) is 32.8. The van der Waals surface area contributed by atoms with Gasteiger partial charge in [-0.1, -0.05) is 30.8 Å². The monoisotopic (exact) mass is 468 g/mol. The molecular weight excluding hydrogens is 440 g/mol. The van der Waals surface area contributed by atoms with Crippen LogP contribution >= 0.6 is 11.8 Å². The second kappa shape index (κ2) is 9.97. The van der Waals surface area contributed by atoms with Crippen molar-refractivity contribution in [1.29, 1.82) is 0 Å². The molecule has 2 aliphatic heterocycles. The van der Waals surface area contributed by atoms with Crippen LogP contribution in [-0.4, -0.2) is 52.2 Å². The second-order valence-corrected chi connectivity index (χ2v) is 9.24. The minimum atomic E-state index is -0.782. The van der Waals surface area contributed by atoms with Crippen LogP contribution in [0.2, 0.25) is 0 Å². The zero-order valence-electron chi connectivity index (χ0n) is 18.9. The van der Waals surface area contributed by atoms with Gasteiger partial charge in [0.15, 0.2) is 6.04 Å². The average Bonchev–Trinajstić information content (AvgIpc) is 3.11. The molecule has 1 amide bonds. The molecule has 7 nitrogen and oxygen atoms in total. The molecule has 33 heavy (non-hydrogen) atoms. The van der Waals surface area contributed by atoms with Gasteiger partial charge in [0.2, 0.25) is 5.91 Å². The van der Waals surface area contributed by atoms with Gasteiger partial charge in [-0.2, -0.15) is 0 Å². The molecule has 1 N–H and O–H groups in total. The molecular formula is C25H28N2O5S. The number of aliphatic hydroxyl groups excluding tert-OH is 1. The Morgan fingerprint density at radius 1 is 1.24 bits per heavy atom. The van der Waals surface area contributed by atoms with E-state index in [1.807, 2.05) is 48.7 Å². The van der Waals surface area contributed by atoms with Gasteiger partial charge >= 0.3 is 5.97 Å². The Morgan fingerprint density at radius 3 is 2.55 bits per heavy atom. The third-order valence-corrected chi connectivity index (χ3v) is 7.30. The molecule has 5 atom stereocenters. The summed E-state index contributed by atoms with van der Waals surface area (Å²) < 4.78 is 10.8. The number of methoxy groups -OCH3 is 1. The molecule has 3 heterocycles. The summed E-state index contributed by atoms with van der Waals surface area (Å²) in [5.74, 6) is -0.440. The maximum absolute atomic E-state index is 13.3. The van der Waals surface area contributed by atoms with E-state index in [0.717, 1.165) is 28.2 Å². The van der Waals surface area contributed by atoms with Gasteiger partial charge in [-0.15, -0.1) is 0 Å². The molecule has 0 spiro atoms. The molecule has 8 heteroatoms. The Balaban J connectivity index is 1.58. The Hall–Kier alpha value is -2.84. The van der Waals surface area contributed by atoms with Crippen LogP contribution in [0.4, 0.5) is 0 Å². The number of fused-ring (bicyclic) bond motifs is 1. The van der Waals surface area contributed by atoms with Crippen LogP contribution in [-0.2, 0) is 20.9 Å². The minimum Gasteiger partial charge on any atom is -0.497 e. The van der Waals surface area contributed by atoms with Crippen LogP contribution in [0.3, 0.4) is 0 Å². The van der Waals surface area contributed by atoms with Crippen LogP contribution in [0.15, 0.2) is 64.7 Å². The standard InChI is InChI=1S/C25H28N2O5S/c1-4-19-20(14-33-18-9-11-26-12-10-18)23(27-22(19)21(15(2)28)24(27)29)25(30)32-13-16-5-7-17(31-3)8-6-16/h5-12,14-15,19,21-23,28H,4,13H2,1-3H3/b20-14-/t15?,19?,21-,22-,23?/m1/s1. The molecule has 0 bridgehead atoms. The van der Waals surface area contributed by atoms with Crippen molar-refractivity contribution >= 4 is 23.6 Å². The molecule has 2 saturated heterocycles. The second-order valence-electron chi connectivity index (χ2n) is 8.29. The Labute approximate surface area is 197 Å². The van der Waals surface area contributed by atoms with Gasteiger partial charge in [0.05, 0.1) is 25.2 Å². The number of amides is 1. The number of hydrogen-bond donors (Lipinski definition) is 1. The third kappa shape index (κ3) is 4.50. The van der Waals surface area contributed by atoms with Gasteiger partial charge < -0.3 is 19.5 Å². The van der Waals surface area contributed by atoms with E-state index in [4.69, 9.17) is 9.47 Å². The van der Waals surface area contributed by atoms with Crippen molar-refractivity contribution in [2.45, 2.75) is 50.0 Å². The number of thioether (sulfide) groups is 1. The third-order valence-electron chi connectivity index (χ3n) is 6.37. The van der Waals surface area contributed by atoms with Gasteiger partial charge in [-0.05, 0) is 54.2 Å². The Kier molecular flexibility index (Phi) is 7.05. The van der Waals surface area contributed by atoms with Crippen molar-refractivity contribution in [2.24, 2.45) is 11.8 Å². The maximum Gasteiger partial charge on any atom is 0.333 e. The Bertz CT molecular complexity index is 1020. The number of pyridine rings is 1. The lowest BCUT2D eigenvalue weighted by Crippen LogP contribution is -2.65. The molecule has 0 saturated carbocycles. The summed E-state index contributed by atoms with van der Waals surface area (Å²) in [5.41, 5.74) is 1.69. The van der Waals surface area contributed by atoms with Crippen molar-refractivity contribution in [2.75, 3.05) is 7.11 Å². The molecule has 1 aromatic heterocycles. The number of β-lactam (4-membered cyclic amide) rings is 1. The fourth-order valence-electron chi connectivity index (χ4n) is 4.74. The number of ether oxygens (including phenoxy) is 2. The van der Waals surface area contributed by atoms with Crippen molar-refractivity contribution < 1.29 is 24.2 Å². The first-order chi connectivity index (χ1) is 16.0. The minimum absolute atomic E-state index is 0.0184. The van der Waals surface area contributed by atoms with E-state index in [1.54, 1.807) is 31.3 Å². The van der Waals surface area contributed by atoms with Crippen LogP contribution in [0.25, 0.3) is 0 Å². The molecule has 0 radical (unpaired) electrons. The molecule has 1 aromatic carbocycles. The summed E-state index contributed by atoms with van der Waals surface area (Å²) in [6.07, 6.45) is 3.42. The summed E-state index contributed by atoms with van der Waals surface area (Å²) in [6, 6.07) is 10.1. The maximum atomic E-state index is 13.3. The lowest BCUT2D eigenvalue weighted by Gasteiger charge is -2.47. The normalized spacial score (nSPS) is 26.0. The SMILES string of the molecule is CCC1/C(=C/Sc2ccncc2)C(C(=O)OCc2ccc(OC)cc2)N2C(=O)[C@H](C(C)O)[C@@H]12. The fraction of sp³-hybridized carbons (Fsp3) is 0.400. The number of esters is 1. The number of aliphatic hydroxyl groups is 1. The number of benzene rings is 1. The van der Waals surface area contributed by atoms with E-state index in [-0.39, 0.29) is 24.5 Å². The molecule has 2 aliphatic rings. The highest BCUT2D eigenvalue weighted by atomic mass is 32.2. The summed E-state index contributed by atoms with van der Waals surface area (Å²) in [5, 5.41) is 12.2. The molecule has 0 aliphatic carbocycles. The zero-order valence-corrected chi connectivity index (χ0v) is 19.7. The quantitative estimate of drug-likeness (QED) is 0.361. The van der Waals surface area contributed by atoms with Gasteiger partial charge in [-0.25, -0.2) is 4.79 Å². The predicted molar refractivity (Wildman–Crippen MR) is 124 cm³/mol. The van der Waals surface area contributed by atoms with Crippen LogP contribution in [0.5, 0.6) is 5.75 Å². The van der Waals surface area contributed by atoms with Gasteiger partial charge in [0, 0.05) is 23.2 Å². The highest BCUT2D eigenvalue weighted by Crippen LogP contribution is 2.50. The van der Waals surface area contributed by atoms with E-state index in [9.17, 15) is 14.7 Å². The van der Waals surface area contributed by atoms with E-state index < -0.39 is 24.0 Å². The zero-order chi connectivity index (χ0) is 23.5. The molecule has 2 fully saturated rings. The first-order valence-corrected chi connectivity index (χ1v) is 11.9. The lowest BCUT2D eigenvalue weighted by atomic mass is 9.77.